The van der Waals surface area contributed by atoms with Crippen molar-refractivity contribution in [2.45, 2.75) is 13.5 Å². The molecule has 158 valence electrons. The number of hydrogen-bond acceptors (Lipinski definition) is 6. The summed E-state index contributed by atoms with van der Waals surface area (Å²) in [6.45, 7) is 1.92. The second-order valence-electron chi connectivity index (χ2n) is 6.69. The van der Waals surface area contributed by atoms with Gasteiger partial charge >= 0.3 is 5.97 Å². The number of methoxy groups -OCH3 is 1. The molecule has 0 amide bonds. The fourth-order valence-corrected chi connectivity index (χ4v) is 2.81. The Morgan fingerprint density at radius 3 is 2.48 bits per heavy atom. The van der Waals surface area contributed by atoms with Gasteiger partial charge < -0.3 is 14.6 Å². The van der Waals surface area contributed by atoms with E-state index in [-0.39, 0.29) is 17.9 Å². The van der Waals surface area contributed by atoms with Crippen molar-refractivity contribution >= 4 is 23.6 Å². The van der Waals surface area contributed by atoms with Crippen LogP contribution in [0.4, 0.5) is 11.4 Å². The molecule has 0 radical (unpaired) electrons. The fourth-order valence-electron chi connectivity index (χ4n) is 2.81. The van der Waals surface area contributed by atoms with Crippen molar-refractivity contribution < 1.29 is 24.3 Å². The minimum absolute atomic E-state index is 0.0207. The summed E-state index contributed by atoms with van der Waals surface area (Å²) in [5.74, 6) is 0.0422. The Balaban J connectivity index is 1.72. The number of ether oxygens (including phenoxy) is 2. The third-order valence-corrected chi connectivity index (χ3v) is 4.54. The summed E-state index contributed by atoms with van der Waals surface area (Å²) in [5, 5.41) is 20.0. The van der Waals surface area contributed by atoms with Crippen LogP contribution in [0.15, 0.2) is 65.7 Å². The summed E-state index contributed by atoms with van der Waals surface area (Å²) < 4.78 is 11.2. The number of rotatable bonds is 8. The predicted molar refractivity (Wildman–Crippen MR) is 116 cm³/mol. The summed E-state index contributed by atoms with van der Waals surface area (Å²) in [6, 6.07) is 16.5. The smallest absolute Gasteiger partial charge is 0.335 e. The lowest BCUT2D eigenvalue weighted by molar-refractivity contribution is -0.385. The van der Waals surface area contributed by atoms with Crippen LogP contribution >= 0.6 is 0 Å². The van der Waals surface area contributed by atoms with Crippen LogP contribution in [0.5, 0.6) is 11.5 Å². The summed E-state index contributed by atoms with van der Waals surface area (Å²) >= 11 is 0. The molecule has 8 heteroatoms. The van der Waals surface area contributed by atoms with Crippen LogP contribution in [-0.4, -0.2) is 29.3 Å². The highest BCUT2D eigenvalue weighted by Gasteiger charge is 2.11. The predicted octanol–water partition coefficient (Wildman–Crippen LogP) is 4.94. The summed E-state index contributed by atoms with van der Waals surface area (Å²) in [7, 11) is 1.52. The molecule has 0 saturated heterocycles. The molecule has 1 N–H and O–H groups in total. The minimum atomic E-state index is -0.980. The van der Waals surface area contributed by atoms with E-state index in [1.54, 1.807) is 55.6 Å². The molecule has 3 rings (SSSR count). The first kappa shape index (κ1) is 21.5. The van der Waals surface area contributed by atoms with E-state index in [0.29, 0.717) is 22.7 Å². The van der Waals surface area contributed by atoms with Crippen molar-refractivity contribution in [1.29, 1.82) is 0 Å². The van der Waals surface area contributed by atoms with Crippen LogP contribution in [0.1, 0.15) is 27.0 Å². The second-order valence-corrected chi connectivity index (χ2v) is 6.69. The number of carboxylic acids is 1. The quantitative estimate of drug-likeness (QED) is 0.314. The Kier molecular flexibility index (Phi) is 6.61. The van der Waals surface area contributed by atoms with Crippen molar-refractivity contribution in [2.75, 3.05) is 7.11 Å². The van der Waals surface area contributed by atoms with E-state index in [1.165, 1.54) is 25.3 Å². The third-order valence-electron chi connectivity index (χ3n) is 4.54. The average Bonchev–Trinajstić information content (AvgIpc) is 2.77. The number of aromatic carboxylic acids is 1. The van der Waals surface area contributed by atoms with Crippen LogP contribution in [0.25, 0.3) is 0 Å². The number of carboxylic acid groups (broad SMARTS) is 1. The Morgan fingerprint density at radius 2 is 1.84 bits per heavy atom. The van der Waals surface area contributed by atoms with Gasteiger partial charge in [-0.05, 0) is 54.4 Å². The number of carbonyl (C=O) groups is 1. The van der Waals surface area contributed by atoms with Crippen molar-refractivity contribution in [3.05, 3.63) is 93.0 Å². The zero-order chi connectivity index (χ0) is 22.4. The van der Waals surface area contributed by atoms with Crippen LogP contribution in [0, 0.1) is 17.0 Å². The highest BCUT2D eigenvalue weighted by Crippen LogP contribution is 2.29. The molecule has 0 fully saturated rings. The number of nitro benzene ring substituents is 1. The zero-order valence-electron chi connectivity index (χ0n) is 16.9. The van der Waals surface area contributed by atoms with Crippen molar-refractivity contribution in [3.8, 4) is 11.5 Å². The number of aliphatic imine (C=N–C) groups is 1. The maximum absolute atomic E-state index is 11.1. The monoisotopic (exact) mass is 420 g/mol. The lowest BCUT2D eigenvalue weighted by atomic mass is 10.1. The first-order chi connectivity index (χ1) is 14.9. The second kappa shape index (κ2) is 9.53. The van der Waals surface area contributed by atoms with Gasteiger partial charge in [0.15, 0.2) is 11.5 Å². The number of nitrogens with zero attached hydrogens (tertiary/aromatic N) is 2. The molecule has 0 aliphatic rings. The molecule has 31 heavy (non-hydrogen) atoms. The van der Waals surface area contributed by atoms with E-state index >= 15 is 0 Å². The fraction of sp³-hybridized carbons (Fsp3) is 0.130. The van der Waals surface area contributed by atoms with Gasteiger partial charge in [-0.15, -0.1) is 0 Å². The molecule has 0 atom stereocenters. The molecular weight excluding hydrogens is 400 g/mol. The number of nitro groups is 1. The Hall–Kier alpha value is -4.20. The number of benzene rings is 3. The minimum Gasteiger partial charge on any atom is -0.493 e. The van der Waals surface area contributed by atoms with Gasteiger partial charge in [0.25, 0.3) is 5.69 Å². The van der Waals surface area contributed by atoms with E-state index < -0.39 is 10.9 Å². The molecule has 0 unspecified atom stereocenters. The molecule has 0 spiro atoms. The molecule has 0 heterocycles. The van der Waals surface area contributed by atoms with Gasteiger partial charge in [0, 0.05) is 17.8 Å². The third kappa shape index (κ3) is 5.45. The lowest BCUT2D eigenvalue weighted by Gasteiger charge is -2.11. The summed E-state index contributed by atoms with van der Waals surface area (Å²) in [4.78, 5) is 25.9. The van der Waals surface area contributed by atoms with Crippen LogP contribution in [-0.2, 0) is 6.61 Å². The van der Waals surface area contributed by atoms with E-state index in [2.05, 4.69) is 4.99 Å². The van der Waals surface area contributed by atoms with Gasteiger partial charge in [0.1, 0.15) is 6.61 Å². The summed E-state index contributed by atoms with van der Waals surface area (Å²) in [6.07, 6.45) is 1.59. The molecule has 0 aliphatic heterocycles. The van der Waals surface area contributed by atoms with Gasteiger partial charge in [-0.25, -0.2) is 4.79 Å². The Bertz CT molecular complexity index is 1140. The maximum Gasteiger partial charge on any atom is 0.335 e. The topological polar surface area (TPSA) is 111 Å². The van der Waals surface area contributed by atoms with Gasteiger partial charge in [-0.2, -0.15) is 0 Å². The average molecular weight is 420 g/mol. The van der Waals surface area contributed by atoms with Gasteiger partial charge in [0.05, 0.1) is 23.3 Å². The van der Waals surface area contributed by atoms with Crippen molar-refractivity contribution in [2.24, 2.45) is 4.99 Å². The Labute approximate surface area is 178 Å². The molecule has 3 aromatic carbocycles. The molecule has 0 saturated carbocycles. The normalized spacial score (nSPS) is 10.8. The highest BCUT2D eigenvalue weighted by molar-refractivity contribution is 5.87. The van der Waals surface area contributed by atoms with Crippen LogP contribution in [0.2, 0.25) is 0 Å². The highest BCUT2D eigenvalue weighted by atomic mass is 16.6. The van der Waals surface area contributed by atoms with Crippen LogP contribution < -0.4 is 9.47 Å². The first-order valence-electron chi connectivity index (χ1n) is 9.29. The lowest BCUT2D eigenvalue weighted by Crippen LogP contribution is -2.00. The SMILES string of the molecule is COc1cc(C=Nc2ccc(C)c([N+](=O)[O-])c2)ccc1OCc1ccc(C(=O)O)cc1. The molecular formula is C23H20N2O6. The molecule has 0 aromatic heterocycles. The van der Waals surface area contributed by atoms with E-state index in [4.69, 9.17) is 14.6 Å². The van der Waals surface area contributed by atoms with E-state index in [9.17, 15) is 14.9 Å². The molecule has 3 aromatic rings. The summed E-state index contributed by atoms with van der Waals surface area (Å²) in [5.41, 5.74) is 2.83. The van der Waals surface area contributed by atoms with E-state index in [0.717, 1.165) is 11.1 Å². The number of hydrogen-bond donors (Lipinski definition) is 1. The molecule has 0 bridgehead atoms. The van der Waals surface area contributed by atoms with Crippen molar-refractivity contribution in [3.63, 3.8) is 0 Å². The standard InChI is InChI=1S/C23H20N2O6/c1-15-3-9-19(12-20(15)25(28)29)24-13-17-6-10-21(22(11-17)30-2)31-14-16-4-7-18(8-5-16)23(26)27/h3-13H,14H2,1-2H3,(H,26,27). The number of aryl methyl sites for hydroxylation is 1. The Morgan fingerprint density at radius 1 is 1.10 bits per heavy atom. The van der Waals surface area contributed by atoms with Gasteiger partial charge in [-0.3, -0.25) is 15.1 Å². The maximum atomic E-state index is 11.1. The largest absolute Gasteiger partial charge is 0.493 e. The van der Waals surface area contributed by atoms with E-state index in [1.807, 2.05) is 0 Å². The van der Waals surface area contributed by atoms with Gasteiger partial charge in [-0.1, -0.05) is 18.2 Å². The van der Waals surface area contributed by atoms with Crippen LogP contribution in [0.3, 0.4) is 0 Å². The van der Waals surface area contributed by atoms with Gasteiger partial charge in [0.2, 0.25) is 0 Å². The molecule has 0 aliphatic carbocycles. The zero-order valence-corrected chi connectivity index (χ0v) is 16.9. The van der Waals surface area contributed by atoms with Crippen molar-refractivity contribution in [1.82, 2.24) is 0 Å². The molecule has 8 nitrogen and oxygen atoms in total. The first-order valence-corrected chi connectivity index (χ1v) is 9.29.